The first kappa shape index (κ1) is 23.9. The maximum Gasteiger partial charge on any atom is 0.229 e. The molecule has 182 valence electrons. The highest BCUT2D eigenvalue weighted by Crippen LogP contribution is 2.34. The van der Waals surface area contributed by atoms with Crippen LogP contribution in [0.3, 0.4) is 0 Å². The number of anilines is 1. The lowest BCUT2D eigenvalue weighted by atomic mass is 9.88. The molecule has 0 N–H and O–H groups in total. The standard InChI is InChI=1S/C30H30N4OS/c1-22-14-15-27-29(23(22)2)32-30(36-27)34(18-9-17-33-19-16-31-21-33)28(35)20-26(24-10-5-3-6-11-24)25-12-7-4-8-13-25/h3-8,10-16,19,21,26H,9,17-18,20H2,1-2H3. The Labute approximate surface area is 216 Å². The third-order valence-electron chi connectivity index (χ3n) is 6.75. The van der Waals surface area contributed by atoms with Gasteiger partial charge in [0.15, 0.2) is 5.13 Å². The third kappa shape index (κ3) is 5.24. The van der Waals surface area contributed by atoms with Crippen LogP contribution in [-0.4, -0.2) is 27.0 Å². The second-order valence-corrected chi connectivity index (χ2v) is 10.1. The zero-order valence-electron chi connectivity index (χ0n) is 20.7. The highest BCUT2D eigenvalue weighted by Gasteiger charge is 2.25. The molecule has 1 amide bonds. The molecule has 0 fully saturated rings. The van der Waals surface area contributed by atoms with E-state index in [-0.39, 0.29) is 11.8 Å². The van der Waals surface area contributed by atoms with Gasteiger partial charge in [-0.3, -0.25) is 9.69 Å². The van der Waals surface area contributed by atoms with Gasteiger partial charge in [-0.25, -0.2) is 9.97 Å². The van der Waals surface area contributed by atoms with Crippen LogP contribution >= 0.6 is 11.3 Å². The fourth-order valence-corrected chi connectivity index (χ4v) is 5.64. The molecular weight excluding hydrogens is 464 g/mol. The number of nitrogens with zero attached hydrogens (tertiary/aromatic N) is 4. The molecule has 6 heteroatoms. The number of fused-ring (bicyclic) bond motifs is 1. The van der Waals surface area contributed by atoms with Gasteiger partial charge in [0, 0.05) is 37.8 Å². The van der Waals surface area contributed by atoms with Gasteiger partial charge in [-0.2, -0.15) is 0 Å². The van der Waals surface area contributed by atoms with Gasteiger partial charge in [0.05, 0.1) is 16.5 Å². The first-order valence-electron chi connectivity index (χ1n) is 12.3. The summed E-state index contributed by atoms with van der Waals surface area (Å²) >= 11 is 1.60. The monoisotopic (exact) mass is 494 g/mol. The number of rotatable bonds is 9. The Morgan fingerprint density at radius 3 is 2.31 bits per heavy atom. The molecule has 0 aliphatic carbocycles. The van der Waals surface area contributed by atoms with Crippen LogP contribution < -0.4 is 4.90 Å². The van der Waals surface area contributed by atoms with Gasteiger partial charge in [0.1, 0.15) is 0 Å². The third-order valence-corrected chi connectivity index (χ3v) is 7.79. The van der Waals surface area contributed by atoms with E-state index in [2.05, 4.69) is 55.2 Å². The molecular formula is C30H30N4OS. The molecule has 0 aliphatic heterocycles. The quantitative estimate of drug-likeness (QED) is 0.228. The number of carbonyl (C=O) groups excluding carboxylic acids is 1. The first-order chi connectivity index (χ1) is 17.6. The normalized spacial score (nSPS) is 11.3. The summed E-state index contributed by atoms with van der Waals surface area (Å²) in [7, 11) is 0. The van der Waals surface area contributed by atoms with E-state index in [1.165, 1.54) is 11.1 Å². The van der Waals surface area contributed by atoms with Crippen LogP contribution in [0.5, 0.6) is 0 Å². The van der Waals surface area contributed by atoms with E-state index in [1.807, 2.05) is 58.4 Å². The molecule has 0 unspecified atom stereocenters. The number of hydrogen-bond donors (Lipinski definition) is 0. The van der Waals surface area contributed by atoms with E-state index < -0.39 is 0 Å². The molecule has 3 aromatic carbocycles. The average Bonchev–Trinajstić information content (AvgIpc) is 3.59. The Morgan fingerprint density at radius 1 is 0.972 bits per heavy atom. The Kier molecular flexibility index (Phi) is 7.23. The van der Waals surface area contributed by atoms with Crippen molar-refractivity contribution in [2.24, 2.45) is 0 Å². The Hall–Kier alpha value is -3.77. The summed E-state index contributed by atoms with van der Waals surface area (Å²) in [6, 6.07) is 24.9. The SMILES string of the molecule is Cc1ccc2sc(N(CCCn3ccnc3)C(=O)CC(c3ccccc3)c3ccccc3)nc2c1C. The highest BCUT2D eigenvalue weighted by atomic mass is 32.1. The molecule has 0 atom stereocenters. The molecule has 0 spiro atoms. The van der Waals surface area contributed by atoms with Gasteiger partial charge in [-0.05, 0) is 48.6 Å². The molecule has 5 nitrogen and oxygen atoms in total. The minimum Gasteiger partial charge on any atom is -0.337 e. The van der Waals surface area contributed by atoms with Crippen LogP contribution in [0.15, 0.2) is 91.5 Å². The van der Waals surface area contributed by atoms with Gasteiger partial charge < -0.3 is 4.57 Å². The number of imidazole rings is 1. The smallest absolute Gasteiger partial charge is 0.229 e. The van der Waals surface area contributed by atoms with Crippen LogP contribution in [-0.2, 0) is 11.3 Å². The van der Waals surface area contributed by atoms with Crippen molar-refractivity contribution in [3.05, 3.63) is 114 Å². The number of thiazole rings is 1. The van der Waals surface area contributed by atoms with Gasteiger partial charge in [0.2, 0.25) is 5.91 Å². The van der Waals surface area contributed by atoms with E-state index in [0.29, 0.717) is 13.0 Å². The maximum atomic E-state index is 14.0. The second-order valence-electron chi connectivity index (χ2n) is 9.13. The minimum atomic E-state index is -0.0191. The Balaban J connectivity index is 1.46. The van der Waals surface area contributed by atoms with Gasteiger partial charge in [-0.1, -0.05) is 78.1 Å². The fraction of sp³-hybridized carbons (Fsp3) is 0.233. The molecule has 0 saturated heterocycles. The molecule has 5 aromatic rings. The van der Waals surface area contributed by atoms with Crippen molar-refractivity contribution < 1.29 is 4.79 Å². The van der Waals surface area contributed by atoms with Crippen molar-refractivity contribution in [3.8, 4) is 0 Å². The van der Waals surface area contributed by atoms with Crippen molar-refractivity contribution >= 4 is 32.6 Å². The molecule has 5 rings (SSSR count). The number of aromatic nitrogens is 3. The van der Waals surface area contributed by atoms with Gasteiger partial charge in [0.25, 0.3) is 0 Å². The average molecular weight is 495 g/mol. The molecule has 36 heavy (non-hydrogen) atoms. The van der Waals surface area contributed by atoms with Gasteiger partial charge in [-0.15, -0.1) is 0 Å². The van der Waals surface area contributed by atoms with E-state index in [9.17, 15) is 4.79 Å². The maximum absolute atomic E-state index is 14.0. The summed E-state index contributed by atoms with van der Waals surface area (Å²) in [5.74, 6) is 0.0705. The second kappa shape index (κ2) is 10.9. The van der Waals surface area contributed by atoms with Crippen LogP contribution in [0.1, 0.15) is 41.0 Å². The summed E-state index contributed by atoms with van der Waals surface area (Å²) in [5, 5.41) is 0.772. The minimum absolute atomic E-state index is 0.0191. The predicted octanol–water partition coefficient (Wildman–Crippen LogP) is 6.76. The largest absolute Gasteiger partial charge is 0.337 e. The Morgan fingerprint density at radius 2 is 1.67 bits per heavy atom. The summed E-state index contributed by atoms with van der Waals surface area (Å²) in [6.07, 6.45) is 6.75. The van der Waals surface area contributed by atoms with Crippen molar-refractivity contribution in [1.82, 2.24) is 14.5 Å². The zero-order valence-corrected chi connectivity index (χ0v) is 21.5. The first-order valence-corrected chi connectivity index (χ1v) is 13.1. The van der Waals surface area contributed by atoms with E-state index in [1.54, 1.807) is 17.5 Å². The molecule has 2 heterocycles. The van der Waals surface area contributed by atoms with Crippen LogP contribution in [0.2, 0.25) is 0 Å². The van der Waals surface area contributed by atoms with Gasteiger partial charge >= 0.3 is 0 Å². The zero-order chi connectivity index (χ0) is 24.9. The topological polar surface area (TPSA) is 51.0 Å². The number of hydrogen-bond acceptors (Lipinski definition) is 4. The van der Waals surface area contributed by atoms with Crippen LogP contribution in [0.25, 0.3) is 10.2 Å². The number of carbonyl (C=O) groups is 1. The molecule has 0 aliphatic rings. The lowest BCUT2D eigenvalue weighted by Gasteiger charge is -2.24. The van der Waals surface area contributed by atoms with E-state index >= 15 is 0 Å². The van der Waals surface area contributed by atoms with Crippen molar-refractivity contribution in [1.29, 1.82) is 0 Å². The fourth-order valence-electron chi connectivity index (χ4n) is 4.57. The molecule has 2 aromatic heterocycles. The van der Waals surface area contributed by atoms with Crippen molar-refractivity contribution in [3.63, 3.8) is 0 Å². The number of amides is 1. The van der Waals surface area contributed by atoms with E-state index in [4.69, 9.17) is 4.98 Å². The summed E-state index contributed by atoms with van der Waals surface area (Å²) < 4.78 is 3.16. The van der Waals surface area contributed by atoms with Crippen LogP contribution in [0, 0.1) is 13.8 Å². The number of benzene rings is 3. The summed E-state index contributed by atoms with van der Waals surface area (Å²) in [5.41, 5.74) is 5.67. The predicted molar refractivity (Wildman–Crippen MR) is 148 cm³/mol. The lowest BCUT2D eigenvalue weighted by molar-refractivity contribution is -0.118. The molecule has 0 saturated carbocycles. The van der Waals surface area contributed by atoms with Crippen molar-refractivity contribution in [2.45, 2.75) is 39.2 Å². The van der Waals surface area contributed by atoms with E-state index in [0.717, 1.165) is 39.4 Å². The molecule has 0 bridgehead atoms. The summed E-state index contributed by atoms with van der Waals surface area (Å²) in [6.45, 7) is 5.61. The molecule has 0 radical (unpaired) electrons. The number of aryl methyl sites for hydroxylation is 3. The summed E-state index contributed by atoms with van der Waals surface area (Å²) in [4.78, 5) is 25.0. The highest BCUT2D eigenvalue weighted by molar-refractivity contribution is 7.22. The van der Waals surface area contributed by atoms with Crippen LogP contribution in [0.4, 0.5) is 5.13 Å². The van der Waals surface area contributed by atoms with Crippen molar-refractivity contribution in [2.75, 3.05) is 11.4 Å². The lowest BCUT2D eigenvalue weighted by Crippen LogP contribution is -2.33. The Bertz CT molecular complexity index is 1390.